The van der Waals surface area contributed by atoms with Crippen LogP contribution in [0.25, 0.3) is 33.8 Å². The number of carbonyl (C=O) groups is 1. The first-order valence-electron chi connectivity index (χ1n) is 11.6. The Kier molecular flexibility index (Phi) is 4.54. The fourth-order valence-electron chi connectivity index (χ4n) is 5.54. The zero-order valence-electron chi connectivity index (χ0n) is 19.7. The van der Waals surface area contributed by atoms with Crippen molar-refractivity contribution in [3.8, 4) is 22.6 Å². The number of carbonyl (C=O) groups excluding carboxylic acids is 1. The molecule has 172 valence electrons. The van der Waals surface area contributed by atoms with Crippen molar-refractivity contribution < 1.29 is 4.79 Å². The molecule has 0 bridgehead atoms. The second kappa shape index (κ2) is 7.39. The number of aromatic nitrogens is 6. The summed E-state index contributed by atoms with van der Waals surface area (Å²) in [6.07, 6.45) is 6.92. The monoisotopic (exact) mass is 454 g/mol. The summed E-state index contributed by atoms with van der Waals surface area (Å²) >= 11 is 0. The Hall–Kier alpha value is -3.72. The van der Waals surface area contributed by atoms with Crippen LogP contribution in [0.15, 0.2) is 36.9 Å². The van der Waals surface area contributed by atoms with E-state index in [1.165, 1.54) is 0 Å². The van der Waals surface area contributed by atoms with E-state index in [2.05, 4.69) is 50.1 Å². The highest BCUT2D eigenvalue weighted by atomic mass is 16.2. The lowest BCUT2D eigenvalue weighted by atomic mass is 9.86. The van der Waals surface area contributed by atoms with Crippen molar-refractivity contribution in [2.45, 2.75) is 45.2 Å². The molecule has 1 amide bonds. The third-order valence-electron chi connectivity index (χ3n) is 7.11. The van der Waals surface area contributed by atoms with Crippen LogP contribution < -0.4 is 5.32 Å². The Balaban J connectivity index is 1.51. The predicted molar refractivity (Wildman–Crippen MR) is 129 cm³/mol. The first-order valence-corrected chi connectivity index (χ1v) is 11.6. The van der Waals surface area contributed by atoms with E-state index < -0.39 is 5.54 Å². The number of hydrogen-bond acceptors (Lipinski definition) is 7. The highest BCUT2D eigenvalue weighted by Crippen LogP contribution is 2.49. The molecule has 6 rings (SSSR count). The van der Waals surface area contributed by atoms with Gasteiger partial charge in [-0.15, -0.1) is 0 Å². The highest BCUT2D eigenvalue weighted by Gasteiger charge is 2.54. The van der Waals surface area contributed by atoms with Gasteiger partial charge in [-0.25, -0.2) is 24.9 Å². The second-order valence-corrected chi connectivity index (χ2v) is 9.37. The van der Waals surface area contributed by atoms with E-state index in [1.807, 2.05) is 30.7 Å². The molecule has 1 aromatic carbocycles. The first kappa shape index (κ1) is 20.9. The smallest absolute Gasteiger partial charge is 0.249 e. The molecule has 9 nitrogen and oxygen atoms in total. The maximum atomic E-state index is 13.3. The topological polar surface area (TPSA) is 102 Å². The van der Waals surface area contributed by atoms with Gasteiger partial charge in [-0.2, -0.15) is 0 Å². The van der Waals surface area contributed by atoms with Gasteiger partial charge in [0.05, 0.1) is 5.56 Å². The van der Waals surface area contributed by atoms with Crippen LogP contribution in [0.3, 0.4) is 0 Å². The summed E-state index contributed by atoms with van der Waals surface area (Å²) in [5.41, 5.74) is 5.20. The fraction of sp³-hybridized carbons (Fsp3) is 0.360. The summed E-state index contributed by atoms with van der Waals surface area (Å²) in [4.78, 5) is 38.2. The molecule has 1 fully saturated rings. The van der Waals surface area contributed by atoms with E-state index in [1.54, 1.807) is 18.7 Å². The average molecular weight is 455 g/mol. The number of fused-ring (bicyclic) bond motifs is 3. The van der Waals surface area contributed by atoms with E-state index in [4.69, 9.17) is 4.98 Å². The van der Waals surface area contributed by atoms with Gasteiger partial charge in [-0.1, -0.05) is 6.07 Å². The van der Waals surface area contributed by atoms with Crippen molar-refractivity contribution in [3.63, 3.8) is 0 Å². The molecule has 0 aliphatic carbocycles. The van der Waals surface area contributed by atoms with Crippen molar-refractivity contribution in [1.82, 2.24) is 34.4 Å². The number of amides is 1. The molecule has 3 aromatic heterocycles. The normalized spacial score (nSPS) is 20.0. The maximum absolute atomic E-state index is 13.3. The molecule has 2 aliphatic heterocycles. The Bertz CT molecular complexity index is 1440. The molecule has 5 heterocycles. The fourth-order valence-corrected chi connectivity index (χ4v) is 5.54. The summed E-state index contributed by atoms with van der Waals surface area (Å²) < 4.78 is 1.94. The third kappa shape index (κ3) is 2.83. The summed E-state index contributed by atoms with van der Waals surface area (Å²) in [7, 11) is 1.93. The van der Waals surface area contributed by atoms with Crippen LogP contribution in [-0.4, -0.2) is 52.9 Å². The molecule has 1 N–H and O–H groups in total. The Morgan fingerprint density at radius 2 is 1.88 bits per heavy atom. The SMILES string of the molecule is Cc1ncc(-c2nc3c(-c4ccc5c(c4)C4(CCCN4C(C)C)C(=O)N5)ncnc3n2C)cn1. The van der Waals surface area contributed by atoms with Crippen LogP contribution >= 0.6 is 0 Å². The first-order chi connectivity index (χ1) is 16.4. The number of rotatable bonds is 3. The summed E-state index contributed by atoms with van der Waals surface area (Å²) in [5, 5.41) is 3.12. The van der Waals surface area contributed by atoms with Gasteiger partial charge in [0, 0.05) is 42.3 Å². The number of imidazole rings is 1. The highest BCUT2D eigenvalue weighted by molar-refractivity contribution is 6.07. The number of aryl methyl sites for hydroxylation is 2. The Morgan fingerprint density at radius 3 is 2.65 bits per heavy atom. The number of likely N-dealkylation sites (tertiary alicyclic amines) is 1. The van der Waals surface area contributed by atoms with Crippen LogP contribution in [0.5, 0.6) is 0 Å². The van der Waals surface area contributed by atoms with Crippen LogP contribution in [0.4, 0.5) is 5.69 Å². The molecule has 4 aromatic rings. The van der Waals surface area contributed by atoms with Gasteiger partial charge in [-0.05, 0) is 52.3 Å². The van der Waals surface area contributed by atoms with E-state index in [9.17, 15) is 4.79 Å². The zero-order chi connectivity index (χ0) is 23.6. The maximum Gasteiger partial charge on any atom is 0.249 e. The minimum absolute atomic E-state index is 0.0678. The van der Waals surface area contributed by atoms with Crippen LogP contribution in [0.1, 0.15) is 38.1 Å². The van der Waals surface area contributed by atoms with Gasteiger partial charge in [0.25, 0.3) is 0 Å². The summed E-state index contributed by atoms with van der Waals surface area (Å²) in [5.74, 6) is 1.51. The van der Waals surface area contributed by atoms with Gasteiger partial charge in [0.2, 0.25) is 5.91 Å². The minimum Gasteiger partial charge on any atom is -0.324 e. The van der Waals surface area contributed by atoms with E-state index in [-0.39, 0.29) is 11.9 Å². The minimum atomic E-state index is -0.625. The molecule has 0 saturated carbocycles. The van der Waals surface area contributed by atoms with Gasteiger partial charge in [0.15, 0.2) is 5.65 Å². The number of benzene rings is 1. The van der Waals surface area contributed by atoms with Crippen LogP contribution in [0, 0.1) is 6.92 Å². The van der Waals surface area contributed by atoms with Gasteiger partial charge in [0.1, 0.15) is 34.7 Å². The molecule has 2 aliphatic rings. The lowest BCUT2D eigenvalue weighted by Gasteiger charge is -2.36. The second-order valence-electron chi connectivity index (χ2n) is 9.37. The van der Waals surface area contributed by atoms with Crippen molar-refractivity contribution in [3.05, 3.63) is 48.3 Å². The largest absolute Gasteiger partial charge is 0.324 e. The lowest BCUT2D eigenvalue weighted by Crippen LogP contribution is -2.49. The predicted octanol–water partition coefficient (Wildman–Crippen LogP) is 3.45. The molecular weight excluding hydrogens is 428 g/mol. The molecular formula is C25H26N8O. The molecule has 9 heteroatoms. The van der Waals surface area contributed by atoms with Crippen LogP contribution in [-0.2, 0) is 17.4 Å². The van der Waals surface area contributed by atoms with Gasteiger partial charge in [-0.3, -0.25) is 9.69 Å². The van der Waals surface area contributed by atoms with Gasteiger partial charge < -0.3 is 9.88 Å². The molecule has 1 spiro atoms. The quantitative estimate of drug-likeness (QED) is 0.506. The molecule has 1 saturated heterocycles. The zero-order valence-corrected chi connectivity index (χ0v) is 19.7. The lowest BCUT2D eigenvalue weighted by molar-refractivity contribution is -0.127. The van der Waals surface area contributed by atoms with E-state index in [0.717, 1.165) is 58.9 Å². The van der Waals surface area contributed by atoms with Crippen molar-refractivity contribution in [2.75, 3.05) is 11.9 Å². The number of nitrogens with one attached hydrogen (secondary N) is 1. The number of nitrogens with zero attached hydrogens (tertiary/aromatic N) is 7. The van der Waals surface area contributed by atoms with Gasteiger partial charge >= 0.3 is 0 Å². The molecule has 1 unspecified atom stereocenters. The van der Waals surface area contributed by atoms with Crippen molar-refractivity contribution in [1.29, 1.82) is 0 Å². The number of anilines is 1. The van der Waals surface area contributed by atoms with Crippen LogP contribution in [0.2, 0.25) is 0 Å². The van der Waals surface area contributed by atoms with E-state index in [0.29, 0.717) is 11.3 Å². The molecule has 0 radical (unpaired) electrons. The average Bonchev–Trinajstić information content (AvgIpc) is 3.50. The standard InChI is InChI=1S/C25H26N8O/c1-14(2)33-9-5-8-25(33)18-10-16(6-7-19(18)30-24(25)34)20-21-23(29-13-28-20)32(4)22(31-21)17-11-26-15(3)27-12-17/h6-7,10-14H,5,8-9H2,1-4H3,(H,30,34). The Morgan fingerprint density at radius 1 is 1.09 bits per heavy atom. The van der Waals surface area contributed by atoms with Crippen molar-refractivity contribution >= 4 is 22.8 Å². The van der Waals surface area contributed by atoms with Crippen molar-refractivity contribution in [2.24, 2.45) is 7.05 Å². The van der Waals surface area contributed by atoms with E-state index >= 15 is 0 Å². The summed E-state index contributed by atoms with van der Waals surface area (Å²) in [6, 6.07) is 6.36. The molecule has 1 atom stereocenters. The molecule has 34 heavy (non-hydrogen) atoms. The summed E-state index contributed by atoms with van der Waals surface area (Å²) in [6.45, 7) is 7.07. The Labute approximate surface area is 197 Å². The third-order valence-corrected chi connectivity index (χ3v) is 7.11. The number of hydrogen-bond donors (Lipinski definition) is 1.